The minimum absolute atomic E-state index is 0.132. The van der Waals surface area contributed by atoms with Gasteiger partial charge in [-0.1, -0.05) is 6.08 Å². The van der Waals surface area contributed by atoms with Gasteiger partial charge in [-0.25, -0.2) is 28.2 Å². The van der Waals surface area contributed by atoms with Crippen LogP contribution in [-0.4, -0.2) is 36.8 Å². The van der Waals surface area contributed by atoms with Crippen LogP contribution in [0, 0.1) is 5.82 Å². The van der Waals surface area contributed by atoms with Crippen molar-refractivity contribution in [2.45, 2.75) is 32.4 Å². The fourth-order valence-electron chi connectivity index (χ4n) is 2.90. The molecule has 8 heteroatoms. The molecule has 0 radical (unpaired) electrons. The van der Waals surface area contributed by atoms with E-state index < -0.39 is 11.5 Å². The number of rotatable bonds is 4. The van der Waals surface area contributed by atoms with Crippen molar-refractivity contribution in [2.75, 3.05) is 11.9 Å². The average Bonchev–Trinajstić information content (AvgIpc) is 2.99. The minimum Gasteiger partial charge on any atom is -0.351 e. The Balaban J connectivity index is 1.67. The molecule has 4 rings (SSSR count). The zero-order valence-electron chi connectivity index (χ0n) is 14.5. The van der Waals surface area contributed by atoms with Crippen LogP contribution in [-0.2, 0) is 6.42 Å². The summed E-state index contributed by atoms with van der Waals surface area (Å²) >= 11 is 0. The highest BCUT2D eigenvalue weighted by atomic mass is 19.1. The molecule has 0 saturated heterocycles. The number of alkyl halides is 1. The second-order valence-corrected chi connectivity index (χ2v) is 6.86. The zero-order chi connectivity index (χ0) is 18.3. The summed E-state index contributed by atoms with van der Waals surface area (Å²) in [6, 6.07) is 1.79. The molecule has 134 valence electrons. The second-order valence-electron chi connectivity index (χ2n) is 6.86. The van der Waals surface area contributed by atoms with Gasteiger partial charge in [0.05, 0.1) is 24.1 Å². The topological polar surface area (TPSA) is 68.0 Å². The van der Waals surface area contributed by atoms with Gasteiger partial charge in [0.25, 0.3) is 0 Å². The quantitative estimate of drug-likeness (QED) is 0.778. The van der Waals surface area contributed by atoms with Gasteiger partial charge >= 0.3 is 0 Å². The summed E-state index contributed by atoms with van der Waals surface area (Å²) in [5.41, 5.74) is 2.07. The van der Waals surface area contributed by atoms with E-state index in [4.69, 9.17) is 0 Å². The lowest BCUT2D eigenvalue weighted by Gasteiger charge is -2.19. The number of aryl methyl sites for hydroxylation is 1. The second kappa shape index (κ2) is 6.12. The van der Waals surface area contributed by atoms with Gasteiger partial charge < -0.3 is 5.32 Å². The Morgan fingerprint density at radius 2 is 2.12 bits per heavy atom. The van der Waals surface area contributed by atoms with E-state index in [-0.39, 0.29) is 12.2 Å². The van der Waals surface area contributed by atoms with E-state index in [9.17, 15) is 8.78 Å². The number of aromatic nitrogens is 5. The molecule has 3 aromatic heterocycles. The molecular weight excluding hydrogens is 338 g/mol. The molecule has 0 saturated carbocycles. The third-order valence-corrected chi connectivity index (χ3v) is 4.16. The maximum Gasteiger partial charge on any atom is 0.222 e. The van der Waals surface area contributed by atoms with Gasteiger partial charge in [0.1, 0.15) is 5.67 Å². The number of hydrogen-bond acceptors (Lipinski definition) is 5. The Bertz CT molecular complexity index is 1000. The number of halogens is 2. The molecule has 1 aliphatic carbocycles. The molecule has 0 atom stereocenters. The molecule has 1 aliphatic rings. The van der Waals surface area contributed by atoms with E-state index in [1.54, 1.807) is 18.5 Å². The Kier molecular flexibility index (Phi) is 3.90. The van der Waals surface area contributed by atoms with Crippen molar-refractivity contribution in [3.63, 3.8) is 0 Å². The Morgan fingerprint density at radius 1 is 1.27 bits per heavy atom. The molecule has 0 bridgehead atoms. The number of hydrogen-bond donors (Lipinski definition) is 1. The van der Waals surface area contributed by atoms with Crippen molar-refractivity contribution in [2.24, 2.45) is 0 Å². The summed E-state index contributed by atoms with van der Waals surface area (Å²) in [4.78, 5) is 13.2. The summed E-state index contributed by atoms with van der Waals surface area (Å²) < 4.78 is 28.8. The van der Waals surface area contributed by atoms with Gasteiger partial charge in [0.2, 0.25) is 5.95 Å². The van der Waals surface area contributed by atoms with Crippen LogP contribution in [0.2, 0.25) is 0 Å². The molecular formula is C18H18F2N6. The van der Waals surface area contributed by atoms with E-state index in [0.717, 1.165) is 35.9 Å². The van der Waals surface area contributed by atoms with Crippen LogP contribution in [0.3, 0.4) is 0 Å². The van der Waals surface area contributed by atoms with Crippen molar-refractivity contribution >= 4 is 17.2 Å². The molecule has 3 heterocycles. The van der Waals surface area contributed by atoms with E-state index in [1.165, 1.54) is 18.4 Å². The van der Waals surface area contributed by atoms with Gasteiger partial charge in [0, 0.05) is 23.5 Å². The summed E-state index contributed by atoms with van der Waals surface area (Å²) in [6.07, 6.45) is 8.13. The monoisotopic (exact) mass is 356 g/mol. The van der Waals surface area contributed by atoms with E-state index in [2.05, 4.69) is 31.4 Å². The van der Waals surface area contributed by atoms with Gasteiger partial charge in [-0.3, -0.25) is 0 Å². The van der Waals surface area contributed by atoms with Crippen molar-refractivity contribution in [3.05, 3.63) is 53.5 Å². The first kappa shape index (κ1) is 16.6. The molecule has 26 heavy (non-hydrogen) atoms. The van der Waals surface area contributed by atoms with Crippen LogP contribution in [0.1, 0.15) is 37.2 Å². The van der Waals surface area contributed by atoms with E-state index in [1.807, 2.05) is 0 Å². The lowest BCUT2D eigenvalue weighted by Crippen LogP contribution is -2.25. The minimum atomic E-state index is -1.35. The van der Waals surface area contributed by atoms with Gasteiger partial charge in [0.15, 0.2) is 11.5 Å². The SMILES string of the molecule is CC(C)(F)CNc1ncc2c(n1)CCC=C2c1ccn2ncc(F)c2n1. The van der Waals surface area contributed by atoms with Crippen LogP contribution in [0.5, 0.6) is 0 Å². The number of fused-ring (bicyclic) bond motifs is 2. The predicted octanol–water partition coefficient (Wildman–Crippen LogP) is 3.20. The fourth-order valence-corrected chi connectivity index (χ4v) is 2.90. The summed E-state index contributed by atoms with van der Waals surface area (Å²) in [6.45, 7) is 3.13. The number of allylic oxidation sites excluding steroid dienone is 1. The average molecular weight is 356 g/mol. The molecule has 0 amide bonds. The predicted molar refractivity (Wildman–Crippen MR) is 94.1 cm³/mol. The van der Waals surface area contributed by atoms with Crippen LogP contribution in [0.25, 0.3) is 11.2 Å². The Hall–Kier alpha value is -2.90. The highest BCUT2D eigenvalue weighted by Gasteiger charge is 2.20. The third kappa shape index (κ3) is 3.14. The maximum absolute atomic E-state index is 13.8. The van der Waals surface area contributed by atoms with Crippen molar-refractivity contribution in [3.8, 4) is 0 Å². The third-order valence-electron chi connectivity index (χ3n) is 4.16. The summed E-state index contributed by atoms with van der Waals surface area (Å²) in [5.74, 6) is -0.0610. The molecule has 0 spiro atoms. The van der Waals surface area contributed by atoms with Crippen molar-refractivity contribution in [1.82, 2.24) is 24.6 Å². The first-order valence-electron chi connectivity index (χ1n) is 8.40. The van der Waals surface area contributed by atoms with Crippen LogP contribution < -0.4 is 5.32 Å². The van der Waals surface area contributed by atoms with E-state index in [0.29, 0.717) is 11.6 Å². The molecule has 1 N–H and O–H groups in total. The smallest absolute Gasteiger partial charge is 0.222 e. The largest absolute Gasteiger partial charge is 0.351 e. The lowest BCUT2D eigenvalue weighted by molar-refractivity contribution is 0.234. The fraction of sp³-hybridized carbons (Fsp3) is 0.333. The molecule has 0 fully saturated rings. The standard InChI is InChI=1S/C18H18F2N6/c1-18(2,20)10-22-17-21-8-12-11(4-3-5-14(12)25-17)15-6-7-26-16(24-15)13(19)9-23-26/h4,6-9H,3,5,10H2,1-2H3,(H,21,22,25). The normalized spacial score (nSPS) is 14.2. The van der Waals surface area contributed by atoms with Crippen LogP contribution in [0.15, 0.2) is 30.7 Å². The highest BCUT2D eigenvalue weighted by molar-refractivity contribution is 5.80. The Morgan fingerprint density at radius 3 is 2.92 bits per heavy atom. The molecule has 3 aromatic rings. The van der Waals surface area contributed by atoms with Crippen molar-refractivity contribution < 1.29 is 8.78 Å². The van der Waals surface area contributed by atoms with Gasteiger partial charge in [-0.2, -0.15) is 5.10 Å². The van der Waals surface area contributed by atoms with Gasteiger partial charge in [-0.05, 0) is 32.8 Å². The first-order valence-corrected chi connectivity index (χ1v) is 8.40. The summed E-state index contributed by atoms with van der Waals surface area (Å²) in [5, 5.41) is 6.82. The molecule has 0 aliphatic heterocycles. The van der Waals surface area contributed by atoms with Crippen molar-refractivity contribution in [1.29, 1.82) is 0 Å². The lowest BCUT2D eigenvalue weighted by atomic mass is 9.94. The van der Waals surface area contributed by atoms with Crippen LogP contribution >= 0.6 is 0 Å². The van der Waals surface area contributed by atoms with E-state index >= 15 is 0 Å². The molecule has 6 nitrogen and oxygen atoms in total. The van der Waals surface area contributed by atoms with Gasteiger partial charge in [-0.15, -0.1) is 0 Å². The first-order chi connectivity index (χ1) is 12.4. The highest BCUT2D eigenvalue weighted by Crippen LogP contribution is 2.30. The molecule has 0 aromatic carbocycles. The van der Waals surface area contributed by atoms with Crippen LogP contribution in [0.4, 0.5) is 14.7 Å². The maximum atomic E-state index is 13.8. The number of nitrogens with one attached hydrogen (secondary N) is 1. The zero-order valence-corrected chi connectivity index (χ0v) is 14.5. The molecule has 0 unspecified atom stereocenters. The number of nitrogens with zero attached hydrogens (tertiary/aromatic N) is 5. The number of anilines is 1. The Labute approximate surface area is 149 Å². The summed E-state index contributed by atoms with van der Waals surface area (Å²) in [7, 11) is 0.